The second-order valence-corrected chi connectivity index (χ2v) is 2.06. The molecule has 0 bridgehead atoms. The lowest BCUT2D eigenvalue weighted by atomic mass is 10.3. The van der Waals surface area contributed by atoms with Gasteiger partial charge >= 0.3 is 0 Å². The molecule has 0 saturated heterocycles. The van der Waals surface area contributed by atoms with Crippen molar-refractivity contribution in [1.82, 2.24) is 0 Å². The Morgan fingerprint density at radius 2 is 2.18 bits per heavy atom. The van der Waals surface area contributed by atoms with Gasteiger partial charge < -0.3 is 0 Å². The molecule has 0 saturated carbocycles. The molecule has 0 aromatic carbocycles. The van der Waals surface area contributed by atoms with Crippen molar-refractivity contribution in [1.29, 1.82) is 0 Å². The quantitative estimate of drug-likeness (QED) is 0.399. The molecule has 1 aromatic rings. The molecule has 1 rings (SSSR count). The van der Waals surface area contributed by atoms with E-state index in [1.54, 1.807) is 0 Å². The van der Waals surface area contributed by atoms with E-state index in [0.29, 0.717) is 6.54 Å². The summed E-state index contributed by atoms with van der Waals surface area (Å²) in [5.41, 5.74) is 0.811. The Bertz CT molecular complexity index is 325. The summed E-state index contributed by atoms with van der Waals surface area (Å²) >= 11 is 0. The Morgan fingerprint density at radius 1 is 1.36 bits per heavy atom. The van der Waals surface area contributed by atoms with Crippen LogP contribution in [0.15, 0.2) is 24.4 Å². The highest BCUT2D eigenvalue weighted by Gasteiger charge is 2.02. The fourth-order valence-electron chi connectivity index (χ4n) is 0.844. The summed E-state index contributed by atoms with van der Waals surface area (Å²) < 4.78 is 1.85. The number of terminal acetylenes is 2. The molecule has 52 valence electrons. The van der Waals surface area contributed by atoms with Crippen LogP contribution in [-0.2, 0) is 6.54 Å². The van der Waals surface area contributed by atoms with Crippen molar-refractivity contribution in [3.8, 4) is 24.7 Å². The van der Waals surface area contributed by atoms with Gasteiger partial charge in [-0.05, 0) is 17.9 Å². The lowest BCUT2D eigenvalue weighted by Gasteiger charge is -1.91. The highest BCUT2D eigenvalue weighted by Crippen LogP contribution is 1.86. The molecule has 0 aliphatic rings. The maximum absolute atomic E-state index is 5.24. The molecule has 1 heteroatoms. The van der Waals surface area contributed by atoms with Crippen LogP contribution in [0.3, 0.4) is 0 Å². The Morgan fingerprint density at radius 3 is 2.82 bits per heavy atom. The Hall–Kier alpha value is -1.73. The fourth-order valence-corrected chi connectivity index (χ4v) is 0.844. The van der Waals surface area contributed by atoms with Gasteiger partial charge in [-0.2, -0.15) is 4.57 Å². The van der Waals surface area contributed by atoms with Crippen molar-refractivity contribution in [2.45, 2.75) is 6.54 Å². The molecule has 0 aliphatic carbocycles. The van der Waals surface area contributed by atoms with Crippen molar-refractivity contribution >= 4 is 0 Å². The first-order valence-electron chi connectivity index (χ1n) is 3.27. The van der Waals surface area contributed by atoms with Crippen molar-refractivity contribution in [3.63, 3.8) is 0 Å². The summed E-state index contributed by atoms with van der Waals surface area (Å²) in [6.45, 7) is 0.528. The maximum atomic E-state index is 5.24. The number of hydrogen-bond donors (Lipinski definition) is 0. The number of aromatic nitrogens is 1. The van der Waals surface area contributed by atoms with E-state index in [0.717, 1.165) is 5.69 Å². The van der Waals surface area contributed by atoms with E-state index in [1.165, 1.54) is 0 Å². The van der Waals surface area contributed by atoms with Crippen molar-refractivity contribution in [3.05, 3.63) is 30.1 Å². The minimum Gasteiger partial charge on any atom is -0.180 e. The first-order valence-corrected chi connectivity index (χ1v) is 3.27. The molecule has 0 spiro atoms. The summed E-state index contributed by atoms with van der Waals surface area (Å²) in [4.78, 5) is 0. The van der Waals surface area contributed by atoms with Crippen molar-refractivity contribution in [2.75, 3.05) is 0 Å². The van der Waals surface area contributed by atoms with Crippen LogP contribution < -0.4 is 4.57 Å². The van der Waals surface area contributed by atoms with E-state index >= 15 is 0 Å². The minimum absolute atomic E-state index is 0.528. The molecule has 11 heavy (non-hydrogen) atoms. The Labute approximate surface area is 66.7 Å². The van der Waals surface area contributed by atoms with E-state index in [1.807, 2.05) is 29.0 Å². The molecular weight excluding hydrogens is 134 g/mol. The molecule has 0 atom stereocenters. The van der Waals surface area contributed by atoms with Gasteiger partial charge in [-0.25, -0.2) is 0 Å². The van der Waals surface area contributed by atoms with Gasteiger partial charge in [-0.3, -0.25) is 0 Å². The molecule has 1 aromatic heterocycles. The van der Waals surface area contributed by atoms with Crippen LogP contribution in [-0.4, -0.2) is 0 Å². The average molecular weight is 142 g/mol. The van der Waals surface area contributed by atoms with E-state index < -0.39 is 0 Å². The molecular formula is C10H8N+. The van der Waals surface area contributed by atoms with Crippen LogP contribution in [0.2, 0.25) is 0 Å². The van der Waals surface area contributed by atoms with Crippen molar-refractivity contribution in [2.24, 2.45) is 0 Å². The van der Waals surface area contributed by atoms with E-state index in [2.05, 4.69) is 11.8 Å². The van der Waals surface area contributed by atoms with Crippen LogP contribution in [0.5, 0.6) is 0 Å². The smallest absolute Gasteiger partial charge is 0.180 e. The summed E-state index contributed by atoms with van der Waals surface area (Å²) in [7, 11) is 0. The number of pyridine rings is 1. The molecule has 0 N–H and O–H groups in total. The summed E-state index contributed by atoms with van der Waals surface area (Å²) in [6, 6.07) is 5.65. The molecule has 0 amide bonds. The average Bonchev–Trinajstić information content (AvgIpc) is 2.06. The lowest BCUT2D eigenvalue weighted by Crippen LogP contribution is -2.35. The SMILES string of the molecule is C#CC[n+]1ccccc1C#C. The fraction of sp³-hybridized carbons (Fsp3) is 0.100. The summed E-state index contributed by atoms with van der Waals surface area (Å²) in [5, 5.41) is 0. The predicted molar refractivity (Wildman–Crippen MR) is 43.4 cm³/mol. The topological polar surface area (TPSA) is 3.88 Å². The first kappa shape index (κ1) is 7.38. The van der Waals surface area contributed by atoms with Crippen LogP contribution in [0.4, 0.5) is 0 Å². The van der Waals surface area contributed by atoms with Gasteiger partial charge in [0.25, 0.3) is 5.69 Å². The third-order valence-electron chi connectivity index (χ3n) is 1.35. The van der Waals surface area contributed by atoms with Gasteiger partial charge in [0.15, 0.2) is 6.20 Å². The van der Waals surface area contributed by atoms with E-state index in [-0.39, 0.29) is 0 Å². The second-order valence-electron chi connectivity index (χ2n) is 2.06. The van der Waals surface area contributed by atoms with Gasteiger partial charge in [0.1, 0.15) is 0 Å². The number of rotatable bonds is 1. The summed E-state index contributed by atoms with van der Waals surface area (Å²) in [5.74, 6) is 5.07. The normalized spacial score (nSPS) is 8.18. The predicted octanol–water partition coefficient (Wildman–Crippen LogP) is 0.589. The zero-order valence-electron chi connectivity index (χ0n) is 6.12. The van der Waals surface area contributed by atoms with Gasteiger partial charge in [0, 0.05) is 12.1 Å². The first-order chi connectivity index (χ1) is 5.38. The molecule has 0 unspecified atom stereocenters. The highest BCUT2D eigenvalue weighted by molar-refractivity contribution is 5.18. The zero-order chi connectivity index (χ0) is 8.10. The third kappa shape index (κ3) is 1.60. The number of hydrogen-bond acceptors (Lipinski definition) is 0. The van der Waals surface area contributed by atoms with Crippen LogP contribution >= 0.6 is 0 Å². The van der Waals surface area contributed by atoms with Crippen molar-refractivity contribution < 1.29 is 4.57 Å². The summed E-state index contributed by atoms with van der Waals surface area (Å²) in [6.07, 6.45) is 12.3. The van der Waals surface area contributed by atoms with Gasteiger partial charge in [0.2, 0.25) is 6.54 Å². The molecule has 0 radical (unpaired) electrons. The monoisotopic (exact) mass is 142 g/mol. The lowest BCUT2D eigenvalue weighted by molar-refractivity contribution is -0.687. The molecule has 0 fully saturated rings. The molecule has 1 heterocycles. The molecule has 0 aliphatic heterocycles. The van der Waals surface area contributed by atoms with Gasteiger partial charge in [-0.1, -0.05) is 0 Å². The number of nitrogens with zero attached hydrogens (tertiary/aromatic N) is 1. The van der Waals surface area contributed by atoms with E-state index in [9.17, 15) is 0 Å². The van der Waals surface area contributed by atoms with E-state index in [4.69, 9.17) is 12.8 Å². The van der Waals surface area contributed by atoms with Gasteiger partial charge in [0.05, 0.1) is 0 Å². The van der Waals surface area contributed by atoms with Crippen LogP contribution in [0.25, 0.3) is 0 Å². The Balaban J connectivity index is 3.07. The van der Waals surface area contributed by atoms with Gasteiger partial charge in [-0.15, -0.1) is 12.8 Å². The maximum Gasteiger partial charge on any atom is 0.257 e. The van der Waals surface area contributed by atoms with Crippen LogP contribution in [0.1, 0.15) is 5.69 Å². The second kappa shape index (κ2) is 3.44. The Kier molecular flexibility index (Phi) is 2.31. The zero-order valence-corrected chi connectivity index (χ0v) is 6.12. The standard InChI is InChI=1S/C10H8N/c1-3-8-11-9-6-5-7-10(11)4-2/h1-2,5-7,9H,8H2/q+1. The minimum atomic E-state index is 0.528. The molecule has 1 nitrogen and oxygen atoms in total. The largest absolute Gasteiger partial charge is 0.257 e. The highest BCUT2D eigenvalue weighted by atomic mass is 14.9. The third-order valence-corrected chi connectivity index (χ3v) is 1.35. The van der Waals surface area contributed by atoms with Crippen LogP contribution in [0, 0.1) is 24.7 Å².